The third kappa shape index (κ3) is 5.03. The van der Waals surface area contributed by atoms with Gasteiger partial charge in [0.05, 0.1) is 29.9 Å². The summed E-state index contributed by atoms with van der Waals surface area (Å²) >= 11 is 0. The fraction of sp³-hybridized carbons (Fsp3) is 0.333. The summed E-state index contributed by atoms with van der Waals surface area (Å²) in [6.45, 7) is 6.19. The fourth-order valence-corrected chi connectivity index (χ4v) is 3.03. The number of halogens is 3. The Balaban J connectivity index is 2.00. The average molecular weight is 422 g/mol. The maximum Gasteiger partial charge on any atom is 0.573 e. The second kappa shape index (κ2) is 8.25. The summed E-state index contributed by atoms with van der Waals surface area (Å²) in [5, 5.41) is 14.3. The molecule has 3 aromatic rings. The highest BCUT2D eigenvalue weighted by molar-refractivity contribution is 5.94. The molecule has 1 heterocycles. The van der Waals surface area contributed by atoms with Crippen molar-refractivity contribution in [2.75, 3.05) is 6.61 Å². The molecule has 0 aliphatic rings. The number of aryl methyl sites for hydroxylation is 1. The predicted octanol–water partition coefficient (Wildman–Crippen LogP) is 5.02. The first-order valence-electron chi connectivity index (χ1n) is 9.25. The second-order valence-corrected chi connectivity index (χ2v) is 7.30. The Kier molecular flexibility index (Phi) is 5.91. The summed E-state index contributed by atoms with van der Waals surface area (Å²) in [4.78, 5) is 11.2. The molecule has 0 atom stereocenters. The summed E-state index contributed by atoms with van der Waals surface area (Å²) < 4.78 is 49.4. The number of fused-ring (bicyclic) bond motifs is 1. The van der Waals surface area contributed by atoms with E-state index < -0.39 is 12.3 Å². The minimum Gasteiger partial charge on any atom is -0.493 e. The molecule has 0 bridgehead atoms. The van der Waals surface area contributed by atoms with Crippen molar-refractivity contribution in [2.45, 2.75) is 33.7 Å². The van der Waals surface area contributed by atoms with Crippen LogP contribution in [-0.4, -0.2) is 33.8 Å². The Hall–Kier alpha value is -3.23. The lowest BCUT2D eigenvalue weighted by molar-refractivity contribution is -0.274. The number of rotatable bonds is 7. The van der Waals surface area contributed by atoms with Gasteiger partial charge in [-0.25, -0.2) is 4.79 Å². The lowest BCUT2D eigenvalue weighted by Crippen LogP contribution is -2.17. The van der Waals surface area contributed by atoms with Crippen LogP contribution < -0.4 is 9.47 Å². The van der Waals surface area contributed by atoms with E-state index in [0.717, 1.165) is 0 Å². The summed E-state index contributed by atoms with van der Waals surface area (Å²) in [5.74, 6) is -0.742. The van der Waals surface area contributed by atoms with E-state index in [0.29, 0.717) is 34.5 Å². The van der Waals surface area contributed by atoms with Crippen molar-refractivity contribution >= 4 is 16.9 Å². The quantitative estimate of drug-likeness (QED) is 0.579. The molecule has 0 saturated carbocycles. The minimum atomic E-state index is -4.81. The standard InChI is InChI=1S/C21H21F3N2O4/c1-12(2)11-29-19-7-5-16(30-21(22,23)24)8-15(19)10-26-18-6-4-14(20(27)28)9-17(18)13(3)25-26/h4-9,12H,10-11H2,1-3H3,(H,27,28). The Bertz CT molecular complexity index is 1070. The van der Waals surface area contributed by atoms with E-state index in [1.807, 2.05) is 13.8 Å². The third-order valence-corrected chi connectivity index (χ3v) is 4.34. The molecular weight excluding hydrogens is 401 g/mol. The molecule has 0 saturated heterocycles. The molecule has 30 heavy (non-hydrogen) atoms. The van der Waals surface area contributed by atoms with Gasteiger partial charge in [-0.1, -0.05) is 13.8 Å². The van der Waals surface area contributed by atoms with E-state index in [1.54, 1.807) is 17.7 Å². The predicted molar refractivity (Wildman–Crippen MR) is 104 cm³/mol. The van der Waals surface area contributed by atoms with Crippen molar-refractivity contribution in [3.05, 3.63) is 53.2 Å². The Morgan fingerprint density at radius 1 is 1.20 bits per heavy atom. The summed E-state index contributed by atoms with van der Waals surface area (Å²) in [7, 11) is 0. The molecule has 0 amide bonds. The number of alkyl halides is 3. The number of carbonyl (C=O) groups is 1. The van der Waals surface area contributed by atoms with Gasteiger partial charge in [-0.3, -0.25) is 4.68 Å². The Morgan fingerprint density at radius 2 is 1.93 bits per heavy atom. The van der Waals surface area contributed by atoms with Gasteiger partial charge < -0.3 is 14.6 Å². The van der Waals surface area contributed by atoms with Crippen molar-refractivity contribution in [3.63, 3.8) is 0 Å². The molecule has 0 unspecified atom stereocenters. The number of hydrogen-bond acceptors (Lipinski definition) is 4. The van der Waals surface area contributed by atoms with Gasteiger partial charge in [0.15, 0.2) is 0 Å². The first-order valence-corrected chi connectivity index (χ1v) is 9.25. The Labute approximate surface area is 170 Å². The summed E-state index contributed by atoms with van der Waals surface area (Å²) in [6.07, 6.45) is -4.81. The Morgan fingerprint density at radius 3 is 2.57 bits per heavy atom. The molecule has 1 aromatic heterocycles. The first-order chi connectivity index (χ1) is 14.0. The molecule has 2 aromatic carbocycles. The molecule has 9 heteroatoms. The number of aromatic carboxylic acids is 1. The average Bonchev–Trinajstić information content (AvgIpc) is 2.95. The number of hydrogen-bond donors (Lipinski definition) is 1. The monoisotopic (exact) mass is 422 g/mol. The largest absolute Gasteiger partial charge is 0.573 e. The zero-order valence-corrected chi connectivity index (χ0v) is 16.7. The molecule has 160 valence electrons. The highest BCUT2D eigenvalue weighted by atomic mass is 19.4. The molecule has 1 N–H and O–H groups in total. The highest BCUT2D eigenvalue weighted by Gasteiger charge is 2.31. The van der Waals surface area contributed by atoms with E-state index in [-0.39, 0.29) is 23.8 Å². The van der Waals surface area contributed by atoms with Crippen LogP contribution in [0.5, 0.6) is 11.5 Å². The van der Waals surface area contributed by atoms with Crippen LogP contribution in [0.15, 0.2) is 36.4 Å². The highest BCUT2D eigenvalue weighted by Crippen LogP contribution is 2.30. The number of aromatic nitrogens is 2. The van der Waals surface area contributed by atoms with Crippen molar-refractivity contribution in [1.29, 1.82) is 0 Å². The van der Waals surface area contributed by atoms with Crippen LogP contribution in [0.4, 0.5) is 13.2 Å². The third-order valence-electron chi connectivity index (χ3n) is 4.34. The van der Waals surface area contributed by atoms with Gasteiger partial charge in [-0.05, 0) is 49.2 Å². The minimum absolute atomic E-state index is 0.124. The molecule has 0 aliphatic carbocycles. The maximum absolute atomic E-state index is 12.7. The first kappa shape index (κ1) is 21.5. The van der Waals surface area contributed by atoms with Crippen molar-refractivity contribution < 1.29 is 32.5 Å². The van der Waals surface area contributed by atoms with Crippen LogP contribution in [-0.2, 0) is 6.54 Å². The maximum atomic E-state index is 12.7. The van der Waals surface area contributed by atoms with Gasteiger partial charge in [-0.2, -0.15) is 5.10 Å². The smallest absolute Gasteiger partial charge is 0.493 e. The lowest BCUT2D eigenvalue weighted by Gasteiger charge is -2.16. The SMILES string of the molecule is Cc1nn(Cc2cc(OC(F)(F)F)ccc2OCC(C)C)c2ccc(C(=O)O)cc12. The zero-order chi connectivity index (χ0) is 22.1. The van der Waals surface area contributed by atoms with Gasteiger partial charge in [0.25, 0.3) is 0 Å². The van der Waals surface area contributed by atoms with Crippen molar-refractivity contribution in [2.24, 2.45) is 5.92 Å². The van der Waals surface area contributed by atoms with Crippen LogP contribution >= 0.6 is 0 Å². The topological polar surface area (TPSA) is 73.6 Å². The van der Waals surface area contributed by atoms with E-state index in [4.69, 9.17) is 4.74 Å². The van der Waals surface area contributed by atoms with Gasteiger partial charge in [0.1, 0.15) is 11.5 Å². The molecule has 3 rings (SSSR count). The van der Waals surface area contributed by atoms with Gasteiger partial charge >= 0.3 is 12.3 Å². The number of carboxylic acid groups (broad SMARTS) is 1. The van der Waals surface area contributed by atoms with Crippen LogP contribution in [0.1, 0.15) is 35.5 Å². The van der Waals surface area contributed by atoms with E-state index >= 15 is 0 Å². The van der Waals surface area contributed by atoms with E-state index in [2.05, 4.69) is 9.84 Å². The zero-order valence-electron chi connectivity index (χ0n) is 16.7. The summed E-state index contributed by atoms with van der Waals surface area (Å²) in [6, 6.07) is 8.54. The van der Waals surface area contributed by atoms with E-state index in [9.17, 15) is 23.1 Å². The normalized spacial score (nSPS) is 11.8. The molecule has 6 nitrogen and oxygen atoms in total. The van der Waals surface area contributed by atoms with Crippen LogP contribution in [0.3, 0.4) is 0 Å². The number of nitrogens with zero attached hydrogens (tertiary/aromatic N) is 2. The van der Waals surface area contributed by atoms with Crippen LogP contribution in [0.25, 0.3) is 10.9 Å². The van der Waals surface area contributed by atoms with Crippen LogP contribution in [0, 0.1) is 12.8 Å². The number of ether oxygens (including phenoxy) is 2. The van der Waals surface area contributed by atoms with Gasteiger partial charge in [0, 0.05) is 10.9 Å². The molecule has 0 spiro atoms. The van der Waals surface area contributed by atoms with Crippen molar-refractivity contribution in [1.82, 2.24) is 9.78 Å². The van der Waals surface area contributed by atoms with Gasteiger partial charge in [-0.15, -0.1) is 13.2 Å². The molecule has 0 aliphatic heterocycles. The van der Waals surface area contributed by atoms with Gasteiger partial charge in [0.2, 0.25) is 0 Å². The molecule has 0 radical (unpaired) electrons. The second-order valence-electron chi connectivity index (χ2n) is 7.30. The van der Waals surface area contributed by atoms with Crippen molar-refractivity contribution in [3.8, 4) is 11.5 Å². The number of carboxylic acids is 1. The molecule has 0 fully saturated rings. The lowest BCUT2D eigenvalue weighted by atomic mass is 10.1. The van der Waals surface area contributed by atoms with E-state index in [1.165, 1.54) is 30.3 Å². The van der Waals surface area contributed by atoms with Crippen LogP contribution in [0.2, 0.25) is 0 Å². The fourth-order valence-electron chi connectivity index (χ4n) is 3.03. The molecular formula is C21H21F3N2O4. The summed E-state index contributed by atoms with van der Waals surface area (Å²) in [5.41, 5.74) is 1.87. The number of benzene rings is 2.